The molecule has 5 heteroatoms. The van der Waals surface area contributed by atoms with Gasteiger partial charge in [0, 0.05) is 0 Å². The van der Waals surface area contributed by atoms with Crippen molar-refractivity contribution in [2.75, 3.05) is 0 Å². The molecular weight excluding hydrogens is 257 g/mol. The molecule has 0 amide bonds. The first-order valence-corrected chi connectivity index (χ1v) is 15.2. The van der Waals surface area contributed by atoms with Crippen LogP contribution in [0, 0.1) is 0 Å². The minimum absolute atomic E-state index is 0.500. The summed E-state index contributed by atoms with van der Waals surface area (Å²) in [4.78, 5) is 18.9. The van der Waals surface area contributed by atoms with Crippen LogP contribution in [0.15, 0.2) is 0 Å². The van der Waals surface area contributed by atoms with Crippen LogP contribution in [0.2, 0.25) is 49.8 Å². The van der Waals surface area contributed by atoms with Gasteiger partial charge in [-0.3, -0.25) is 0 Å². The van der Waals surface area contributed by atoms with Crippen LogP contribution in [-0.4, -0.2) is 41.7 Å². The SMILES string of the molecule is C[Si](C)(O)CC[Si](C)(C)O.[CH3][Ge][CH3]. The summed E-state index contributed by atoms with van der Waals surface area (Å²) < 4.78 is 0. The summed E-state index contributed by atoms with van der Waals surface area (Å²) >= 11 is 0.500. The standard InChI is InChI=1S/C6H18O2Si2.C2H6Ge/c1-9(2,7)5-6-10(3,4)8;1-3-2/h7-8H,5-6H2,1-4H3;1-2H3. The Labute approximate surface area is 91.5 Å². The van der Waals surface area contributed by atoms with Gasteiger partial charge in [0.15, 0.2) is 16.6 Å². The van der Waals surface area contributed by atoms with Gasteiger partial charge in [-0.2, -0.15) is 0 Å². The van der Waals surface area contributed by atoms with Gasteiger partial charge in [0.05, 0.1) is 0 Å². The topological polar surface area (TPSA) is 40.5 Å². The van der Waals surface area contributed by atoms with E-state index in [1.54, 1.807) is 0 Å². The molecule has 0 rings (SSSR count). The molecule has 2 N–H and O–H groups in total. The van der Waals surface area contributed by atoms with Crippen molar-refractivity contribution in [2.24, 2.45) is 0 Å². The van der Waals surface area contributed by atoms with Crippen molar-refractivity contribution < 1.29 is 9.59 Å². The van der Waals surface area contributed by atoms with E-state index in [0.29, 0.717) is 15.4 Å². The van der Waals surface area contributed by atoms with Crippen molar-refractivity contribution in [1.82, 2.24) is 0 Å². The van der Waals surface area contributed by atoms with Gasteiger partial charge in [-0.05, 0) is 38.3 Å². The Balaban J connectivity index is 0. The van der Waals surface area contributed by atoms with E-state index in [1.165, 1.54) is 0 Å². The molecule has 0 aromatic heterocycles. The van der Waals surface area contributed by atoms with Crippen LogP contribution >= 0.6 is 0 Å². The molecule has 0 heterocycles. The third-order valence-electron chi connectivity index (χ3n) is 1.35. The Kier molecular flexibility index (Phi) is 9.07. The summed E-state index contributed by atoms with van der Waals surface area (Å²) in [7, 11) is -3.78. The van der Waals surface area contributed by atoms with Gasteiger partial charge in [0.2, 0.25) is 0 Å². The van der Waals surface area contributed by atoms with E-state index in [4.69, 9.17) is 0 Å². The Bertz CT molecular complexity index is 104. The molecule has 0 aliphatic rings. The van der Waals surface area contributed by atoms with Gasteiger partial charge in [-0.15, -0.1) is 0 Å². The second kappa shape index (κ2) is 7.22. The van der Waals surface area contributed by atoms with Crippen LogP contribution in [0.3, 0.4) is 0 Å². The first-order valence-electron chi connectivity index (χ1n) is 4.65. The summed E-state index contributed by atoms with van der Waals surface area (Å²) in [6, 6.07) is 1.67. The first kappa shape index (κ1) is 16.3. The molecule has 0 saturated carbocycles. The molecule has 0 fully saturated rings. The van der Waals surface area contributed by atoms with E-state index >= 15 is 0 Å². The molecule has 0 bridgehead atoms. The normalized spacial score (nSPS) is 12.0. The first-order chi connectivity index (χ1) is 5.62. The predicted molar refractivity (Wildman–Crippen MR) is 66.5 cm³/mol. The van der Waals surface area contributed by atoms with Crippen LogP contribution in [-0.2, 0) is 0 Å². The quantitative estimate of drug-likeness (QED) is 0.778. The van der Waals surface area contributed by atoms with Crippen molar-refractivity contribution in [2.45, 2.75) is 49.8 Å². The molecule has 2 radical (unpaired) electrons. The summed E-state index contributed by atoms with van der Waals surface area (Å²) in [6.45, 7) is 7.64. The zero-order valence-corrected chi connectivity index (χ0v) is 13.9. The molecule has 0 aromatic rings. The zero-order chi connectivity index (χ0) is 11.1. The molecular formula is C8H24GeO2Si2. The van der Waals surface area contributed by atoms with Crippen molar-refractivity contribution in [1.29, 1.82) is 0 Å². The number of hydrogen-bond donors (Lipinski definition) is 2. The van der Waals surface area contributed by atoms with Gasteiger partial charge in [0.25, 0.3) is 0 Å². The molecule has 13 heavy (non-hydrogen) atoms. The maximum atomic E-state index is 9.43. The monoisotopic (exact) mass is 282 g/mol. The van der Waals surface area contributed by atoms with Gasteiger partial charge in [0.1, 0.15) is 0 Å². The fourth-order valence-electron chi connectivity index (χ4n) is 0.612. The van der Waals surface area contributed by atoms with E-state index in [-0.39, 0.29) is 0 Å². The van der Waals surface area contributed by atoms with Crippen molar-refractivity contribution in [3.05, 3.63) is 0 Å². The Hall–Kier alpha value is 0.897. The number of rotatable bonds is 3. The third kappa shape index (κ3) is 24.6. The summed E-state index contributed by atoms with van der Waals surface area (Å²) in [6.07, 6.45) is 0. The molecule has 80 valence electrons. The van der Waals surface area contributed by atoms with E-state index in [2.05, 4.69) is 11.5 Å². The Morgan fingerprint density at radius 1 is 0.846 bits per heavy atom. The second-order valence-corrected chi connectivity index (χ2v) is 15.0. The minimum atomic E-state index is -1.89. The number of hydrogen-bond acceptors (Lipinski definition) is 2. The molecule has 0 unspecified atom stereocenters. The third-order valence-corrected chi connectivity index (χ3v) is 4.80. The fourth-order valence-corrected chi connectivity index (χ4v) is 5.51. The Morgan fingerprint density at radius 3 is 1.08 bits per heavy atom. The van der Waals surface area contributed by atoms with Gasteiger partial charge >= 0.3 is 26.9 Å². The molecule has 0 aliphatic heterocycles. The van der Waals surface area contributed by atoms with Crippen LogP contribution in [0.25, 0.3) is 0 Å². The van der Waals surface area contributed by atoms with Gasteiger partial charge in [-0.25, -0.2) is 0 Å². The van der Waals surface area contributed by atoms with Gasteiger partial charge in [-0.1, -0.05) is 0 Å². The van der Waals surface area contributed by atoms with Gasteiger partial charge < -0.3 is 9.59 Å². The van der Waals surface area contributed by atoms with E-state index in [1.807, 2.05) is 26.2 Å². The predicted octanol–water partition coefficient (Wildman–Crippen LogP) is 2.17. The summed E-state index contributed by atoms with van der Waals surface area (Å²) in [5.41, 5.74) is 0. The molecule has 0 saturated heterocycles. The average molecular weight is 281 g/mol. The van der Waals surface area contributed by atoms with E-state index < -0.39 is 16.6 Å². The summed E-state index contributed by atoms with van der Waals surface area (Å²) in [5.74, 6) is 4.50. The maximum absolute atomic E-state index is 9.43. The molecule has 2 nitrogen and oxygen atoms in total. The Morgan fingerprint density at radius 2 is 1.00 bits per heavy atom. The van der Waals surface area contributed by atoms with Crippen LogP contribution < -0.4 is 0 Å². The van der Waals surface area contributed by atoms with E-state index in [9.17, 15) is 9.59 Å². The second-order valence-electron chi connectivity index (χ2n) is 4.62. The molecule has 0 aliphatic carbocycles. The van der Waals surface area contributed by atoms with Crippen LogP contribution in [0.1, 0.15) is 0 Å². The molecule has 0 spiro atoms. The molecule has 0 aromatic carbocycles. The average Bonchev–Trinajstić information content (AvgIpc) is 1.82. The van der Waals surface area contributed by atoms with Crippen molar-refractivity contribution in [3.8, 4) is 0 Å². The van der Waals surface area contributed by atoms with E-state index in [0.717, 1.165) is 12.1 Å². The molecule has 0 atom stereocenters. The zero-order valence-electron chi connectivity index (χ0n) is 9.81. The summed E-state index contributed by atoms with van der Waals surface area (Å²) in [5, 5.41) is 0. The van der Waals surface area contributed by atoms with Crippen LogP contribution in [0.5, 0.6) is 0 Å². The van der Waals surface area contributed by atoms with Crippen molar-refractivity contribution in [3.63, 3.8) is 0 Å². The van der Waals surface area contributed by atoms with Crippen LogP contribution in [0.4, 0.5) is 0 Å². The fraction of sp³-hybridized carbons (Fsp3) is 1.00. The van der Waals surface area contributed by atoms with Crippen molar-refractivity contribution >= 4 is 32.1 Å².